The molecule has 7 heteroatoms. The molecule has 6 nitrogen and oxygen atoms in total. The van der Waals surface area contributed by atoms with E-state index in [9.17, 15) is 9.59 Å². The van der Waals surface area contributed by atoms with Crippen LogP contribution >= 0.6 is 11.8 Å². The first-order valence-electron chi connectivity index (χ1n) is 8.70. The Kier molecular flexibility index (Phi) is 4.48. The van der Waals surface area contributed by atoms with Gasteiger partial charge < -0.3 is 9.64 Å². The van der Waals surface area contributed by atoms with E-state index in [1.807, 2.05) is 17.0 Å². The number of rotatable bonds is 2. The average Bonchev–Trinajstić information content (AvgIpc) is 2.69. The smallest absolute Gasteiger partial charge is 0.257 e. The van der Waals surface area contributed by atoms with Crippen molar-refractivity contribution in [2.75, 3.05) is 19.4 Å². The maximum Gasteiger partial charge on any atom is 0.257 e. The summed E-state index contributed by atoms with van der Waals surface area (Å²) in [7, 11) is 1.66. The van der Waals surface area contributed by atoms with Gasteiger partial charge in [0.25, 0.3) is 5.56 Å². The summed E-state index contributed by atoms with van der Waals surface area (Å²) in [5.41, 5.74) is 2.98. The molecule has 3 heterocycles. The van der Waals surface area contributed by atoms with Crippen LogP contribution in [0.15, 0.2) is 34.3 Å². The lowest BCUT2D eigenvalue weighted by atomic mass is 9.98. The lowest BCUT2D eigenvalue weighted by molar-refractivity contribution is -0.136. The van der Waals surface area contributed by atoms with Crippen molar-refractivity contribution in [1.82, 2.24) is 14.5 Å². The van der Waals surface area contributed by atoms with E-state index in [4.69, 9.17) is 4.74 Å². The van der Waals surface area contributed by atoms with Crippen LogP contribution in [0, 0.1) is 12.8 Å². The molecule has 2 aliphatic heterocycles. The quantitative estimate of drug-likeness (QED) is 0.754. The number of ether oxygens (including phenoxy) is 1. The molecule has 0 saturated carbocycles. The number of carbonyl (C=O) groups is 1. The molecule has 0 saturated heterocycles. The summed E-state index contributed by atoms with van der Waals surface area (Å²) >= 11 is 1.49. The molecule has 136 valence electrons. The van der Waals surface area contributed by atoms with E-state index in [0.717, 1.165) is 12.2 Å². The largest absolute Gasteiger partial charge is 0.497 e. The fourth-order valence-corrected chi connectivity index (χ4v) is 4.59. The van der Waals surface area contributed by atoms with Crippen molar-refractivity contribution in [3.05, 3.63) is 51.4 Å². The SMILES string of the molecule is COc1ccc2c(c1)CCN(C(=O)[C@@H]1CSc3ncc(C)c(=O)n3C1)C2. The van der Waals surface area contributed by atoms with Gasteiger partial charge in [0.05, 0.1) is 13.0 Å². The Labute approximate surface area is 156 Å². The number of aromatic nitrogens is 2. The third-order valence-electron chi connectivity index (χ3n) is 5.09. The summed E-state index contributed by atoms with van der Waals surface area (Å²) in [6.45, 7) is 3.50. The van der Waals surface area contributed by atoms with Crippen LogP contribution in [0.4, 0.5) is 0 Å². The maximum absolute atomic E-state index is 13.0. The standard InChI is InChI=1S/C19H21N3O3S/c1-12-8-20-19-22(17(12)23)10-15(11-26-19)18(24)21-6-5-13-7-16(25-2)4-3-14(13)9-21/h3-4,7-8,15H,5-6,9-11H2,1-2H3/t15-/m0/s1. The monoisotopic (exact) mass is 371 g/mol. The van der Waals surface area contributed by atoms with Gasteiger partial charge >= 0.3 is 0 Å². The van der Waals surface area contributed by atoms with Crippen LogP contribution in [-0.2, 0) is 24.3 Å². The Morgan fingerprint density at radius 1 is 1.35 bits per heavy atom. The zero-order chi connectivity index (χ0) is 18.3. The maximum atomic E-state index is 13.0. The minimum atomic E-state index is -0.186. The van der Waals surface area contributed by atoms with E-state index in [1.54, 1.807) is 24.8 Å². The molecule has 0 bridgehead atoms. The van der Waals surface area contributed by atoms with E-state index in [-0.39, 0.29) is 17.4 Å². The molecule has 26 heavy (non-hydrogen) atoms. The molecule has 0 aliphatic carbocycles. The Morgan fingerprint density at radius 3 is 3.00 bits per heavy atom. The van der Waals surface area contributed by atoms with E-state index >= 15 is 0 Å². The highest BCUT2D eigenvalue weighted by Crippen LogP contribution is 2.29. The Balaban J connectivity index is 1.52. The molecular formula is C19H21N3O3S. The van der Waals surface area contributed by atoms with Crippen LogP contribution in [0.3, 0.4) is 0 Å². The van der Waals surface area contributed by atoms with Gasteiger partial charge in [-0.05, 0) is 36.6 Å². The lowest BCUT2D eigenvalue weighted by Gasteiger charge is -2.33. The highest BCUT2D eigenvalue weighted by molar-refractivity contribution is 7.99. The number of amides is 1. The van der Waals surface area contributed by atoms with Gasteiger partial charge in [-0.2, -0.15) is 0 Å². The van der Waals surface area contributed by atoms with Gasteiger partial charge in [-0.15, -0.1) is 0 Å². The third-order valence-corrected chi connectivity index (χ3v) is 6.24. The summed E-state index contributed by atoms with van der Waals surface area (Å²) < 4.78 is 6.93. The molecule has 0 radical (unpaired) electrons. The zero-order valence-electron chi connectivity index (χ0n) is 14.9. The first-order valence-corrected chi connectivity index (χ1v) is 9.69. The molecule has 1 aromatic heterocycles. The number of benzene rings is 1. The number of aryl methyl sites for hydroxylation is 1. The van der Waals surface area contributed by atoms with Crippen molar-refractivity contribution in [2.45, 2.75) is 31.6 Å². The molecule has 0 fully saturated rings. The highest BCUT2D eigenvalue weighted by Gasteiger charge is 2.31. The predicted molar refractivity (Wildman–Crippen MR) is 99.6 cm³/mol. The third kappa shape index (κ3) is 3.00. The Morgan fingerprint density at radius 2 is 2.19 bits per heavy atom. The summed E-state index contributed by atoms with van der Waals surface area (Å²) in [5.74, 6) is 1.46. The molecular weight excluding hydrogens is 350 g/mol. The second-order valence-corrected chi connectivity index (χ2v) is 7.78. The molecule has 4 rings (SSSR count). The van der Waals surface area contributed by atoms with Crippen LogP contribution < -0.4 is 10.3 Å². The summed E-state index contributed by atoms with van der Waals surface area (Å²) in [6.07, 6.45) is 2.44. The van der Waals surface area contributed by atoms with Gasteiger partial charge in [-0.3, -0.25) is 14.2 Å². The number of carbonyl (C=O) groups excluding carboxylic acids is 1. The van der Waals surface area contributed by atoms with Crippen LogP contribution in [0.2, 0.25) is 0 Å². The van der Waals surface area contributed by atoms with Crippen molar-refractivity contribution >= 4 is 17.7 Å². The second kappa shape index (κ2) is 6.79. The van der Waals surface area contributed by atoms with Gasteiger partial charge in [0.15, 0.2) is 5.16 Å². The summed E-state index contributed by atoms with van der Waals surface area (Å²) in [6, 6.07) is 6.03. The number of hydrogen-bond acceptors (Lipinski definition) is 5. The van der Waals surface area contributed by atoms with Gasteiger partial charge in [0, 0.05) is 37.1 Å². The highest BCUT2D eigenvalue weighted by atomic mass is 32.2. The summed E-state index contributed by atoms with van der Waals surface area (Å²) in [5, 5.41) is 0.709. The van der Waals surface area contributed by atoms with E-state index in [2.05, 4.69) is 11.1 Å². The normalized spacial score (nSPS) is 18.8. The topological polar surface area (TPSA) is 64.4 Å². The van der Waals surface area contributed by atoms with E-state index in [1.165, 1.54) is 22.9 Å². The van der Waals surface area contributed by atoms with Crippen molar-refractivity contribution in [1.29, 1.82) is 0 Å². The number of methoxy groups -OCH3 is 1. The van der Waals surface area contributed by atoms with Gasteiger partial charge in [-0.1, -0.05) is 17.8 Å². The van der Waals surface area contributed by atoms with Crippen molar-refractivity contribution < 1.29 is 9.53 Å². The number of fused-ring (bicyclic) bond motifs is 2. The molecule has 2 aromatic rings. The average molecular weight is 371 g/mol. The predicted octanol–water partition coefficient (Wildman–Crippen LogP) is 1.87. The number of hydrogen-bond donors (Lipinski definition) is 0. The summed E-state index contributed by atoms with van der Waals surface area (Å²) in [4.78, 5) is 31.6. The Bertz CT molecular complexity index is 925. The van der Waals surface area contributed by atoms with Crippen LogP contribution in [-0.4, -0.2) is 39.8 Å². The molecule has 0 N–H and O–H groups in total. The number of thioether (sulfide) groups is 1. The van der Waals surface area contributed by atoms with E-state index < -0.39 is 0 Å². The van der Waals surface area contributed by atoms with E-state index in [0.29, 0.717) is 36.1 Å². The first-order chi connectivity index (χ1) is 12.6. The Hall–Kier alpha value is -2.28. The molecule has 0 unspecified atom stereocenters. The lowest BCUT2D eigenvalue weighted by Crippen LogP contribution is -2.44. The first kappa shape index (κ1) is 17.1. The second-order valence-electron chi connectivity index (χ2n) is 6.79. The van der Waals surface area contributed by atoms with Crippen molar-refractivity contribution in [2.24, 2.45) is 5.92 Å². The zero-order valence-corrected chi connectivity index (χ0v) is 15.7. The fraction of sp³-hybridized carbons (Fsp3) is 0.421. The minimum Gasteiger partial charge on any atom is -0.497 e. The van der Waals surface area contributed by atoms with Gasteiger partial charge in [-0.25, -0.2) is 4.98 Å². The fourth-order valence-electron chi connectivity index (χ4n) is 3.55. The molecule has 2 aliphatic rings. The minimum absolute atomic E-state index is 0.0453. The number of nitrogens with zero attached hydrogens (tertiary/aromatic N) is 3. The molecule has 1 aromatic carbocycles. The van der Waals surface area contributed by atoms with Crippen molar-refractivity contribution in [3.8, 4) is 5.75 Å². The van der Waals surface area contributed by atoms with Gasteiger partial charge in [0.2, 0.25) is 5.91 Å². The van der Waals surface area contributed by atoms with Gasteiger partial charge in [0.1, 0.15) is 5.75 Å². The van der Waals surface area contributed by atoms with Crippen LogP contribution in [0.5, 0.6) is 5.75 Å². The molecule has 1 atom stereocenters. The van der Waals surface area contributed by atoms with Crippen molar-refractivity contribution in [3.63, 3.8) is 0 Å². The van der Waals surface area contributed by atoms with Crippen LogP contribution in [0.25, 0.3) is 0 Å². The molecule has 0 spiro atoms. The van der Waals surface area contributed by atoms with Crippen LogP contribution in [0.1, 0.15) is 16.7 Å². The molecule has 1 amide bonds.